The lowest BCUT2D eigenvalue weighted by Crippen LogP contribution is -2.60. The van der Waals surface area contributed by atoms with Crippen molar-refractivity contribution in [3.63, 3.8) is 0 Å². The number of esters is 1. The number of anilines is 1. The summed E-state index contributed by atoms with van der Waals surface area (Å²) in [6.07, 6.45) is 7.47. The summed E-state index contributed by atoms with van der Waals surface area (Å²) in [6, 6.07) is 8.18. The lowest BCUT2D eigenvalue weighted by molar-refractivity contribution is -0.0726. The third-order valence-electron chi connectivity index (χ3n) is 7.85. The summed E-state index contributed by atoms with van der Waals surface area (Å²) in [4.78, 5) is 16.9. The molecule has 1 aliphatic heterocycles. The molecule has 1 heterocycles. The van der Waals surface area contributed by atoms with Crippen molar-refractivity contribution in [2.24, 2.45) is 23.7 Å². The fraction of sp³-hybridized carbons (Fsp3) is 0.667. The first kappa shape index (κ1) is 20.3. The molecule has 1 N–H and O–H groups in total. The summed E-state index contributed by atoms with van der Waals surface area (Å²) < 4.78 is 5.04. The molecule has 0 spiro atoms. The number of ether oxygens (including phenoxy) is 1. The Balaban J connectivity index is 1.13. The van der Waals surface area contributed by atoms with E-state index >= 15 is 0 Å². The van der Waals surface area contributed by atoms with Crippen LogP contribution in [0.3, 0.4) is 0 Å². The molecule has 0 amide bonds. The minimum Gasteiger partial charge on any atom is -0.462 e. The second kappa shape index (κ2) is 8.46. The molecule has 0 aromatic heterocycles. The number of carbonyl (C=O) groups is 1. The zero-order valence-electron chi connectivity index (χ0n) is 17.9. The van der Waals surface area contributed by atoms with E-state index in [0.717, 1.165) is 66.7 Å². The van der Waals surface area contributed by atoms with E-state index in [-0.39, 0.29) is 5.97 Å². The zero-order valence-corrected chi connectivity index (χ0v) is 18.7. The summed E-state index contributed by atoms with van der Waals surface area (Å²) in [6.45, 7) is 6.44. The number of hydrogen-bond acceptors (Lipinski definition) is 4. The van der Waals surface area contributed by atoms with E-state index in [0.29, 0.717) is 12.2 Å². The Kier molecular flexibility index (Phi) is 5.71. The van der Waals surface area contributed by atoms with Gasteiger partial charge in [-0.1, -0.05) is 0 Å². The molecule has 6 rings (SSSR count). The van der Waals surface area contributed by atoms with Crippen LogP contribution in [0, 0.1) is 23.7 Å². The van der Waals surface area contributed by atoms with E-state index in [1.807, 2.05) is 19.1 Å². The molecule has 0 atom stereocenters. The van der Waals surface area contributed by atoms with Crippen molar-refractivity contribution in [3.05, 3.63) is 29.8 Å². The normalized spacial score (nSPS) is 32.8. The number of rotatable bonds is 4. The van der Waals surface area contributed by atoms with Gasteiger partial charge in [0.25, 0.3) is 0 Å². The summed E-state index contributed by atoms with van der Waals surface area (Å²) in [7, 11) is 0. The van der Waals surface area contributed by atoms with Gasteiger partial charge in [0, 0.05) is 37.9 Å². The molecular weight excluding hydrogens is 394 g/mol. The molecule has 162 valence electrons. The number of carbonyl (C=O) groups excluding carboxylic acids is 1. The quantitative estimate of drug-likeness (QED) is 0.579. The highest BCUT2D eigenvalue weighted by Gasteiger charge is 2.50. The largest absolute Gasteiger partial charge is 0.462 e. The maximum Gasteiger partial charge on any atom is 0.338 e. The standard InChI is InChI=1S/C24H33N3O2S/c1-2-29-23(28)18-3-5-21(6-4-18)25-24(30)27-9-7-26(8-10-27)22-19-12-16-11-17(14-19)15-20(22)13-16/h3-6,16-17,19-20,22H,2,7-15H2,1H3,(H,25,30). The van der Waals surface area contributed by atoms with Gasteiger partial charge in [-0.15, -0.1) is 0 Å². The first-order valence-corrected chi connectivity index (χ1v) is 12.1. The van der Waals surface area contributed by atoms with Crippen molar-refractivity contribution in [1.82, 2.24) is 9.80 Å². The highest BCUT2D eigenvalue weighted by atomic mass is 32.1. The van der Waals surface area contributed by atoms with E-state index in [9.17, 15) is 4.79 Å². The third kappa shape index (κ3) is 3.96. The van der Waals surface area contributed by atoms with Crippen molar-refractivity contribution in [2.45, 2.75) is 45.1 Å². The number of nitrogens with one attached hydrogen (secondary N) is 1. The average molecular weight is 428 g/mol. The summed E-state index contributed by atoms with van der Waals surface area (Å²) in [5.74, 6) is 3.70. The van der Waals surface area contributed by atoms with Crippen LogP contribution in [-0.2, 0) is 4.74 Å². The van der Waals surface area contributed by atoms with Crippen LogP contribution in [0.4, 0.5) is 5.69 Å². The SMILES string of the molecule is CCOC(=O)c1ccc(NC(=S)N2CCN(C3C4CC5CC(C4)CC3C5)CC2)cc1. The second-order valence-electron chi connectivity index (χ2n) is 9.67. The van der Waals surface area contributed by atoms with Crippen LogP contribution in [0.5, 0.6) is 0 Å². The zero-order chi connectivity index (χ0) is 20.7. The molecule has 1 saturated heterocycles. The Morgan fingerprint density at radius 2 is 1.60 bits per heavy atom. The van der Waals surface area contributed by atoms with E-state index in [1.165, 1.54) is 32.1 Å². The molecule has 6 heteroatoms. The second-order valence-corrected chi connectivity index (χ2v) is 10.1. The van der Waals surface area contributed by atoms with Crippen LogP contribution in [0.25, 0.3) is 0 Å². The fourth-order valence-electron chi connectivity index (χ4n) is 6.82. The molecule has 5 fully saturated rings. The minimum atomic E-state index is -0.285. The van der Waals surface area contributed by atoms with Gasteiger partial charge in [0.2, 0.25) is 0 Å². The van der Waals surface area contributed by atoms with Crippen molar-refractivity contribution in [3.8, 4) is 0 Å². The molecule has 0 radical (unpaired) electrons. The van der Waals surface area contributed by atoms with Crippen LogP contribution in [0.1, 0.15) is 49.4 Å². The number of piperazine rings is 1. The maximum absolute atomic E-state index is 11.8. The summed E-state index contributed by atoms with van der Waals surface area (Å²) in [5.41, 5.74) is 1.48. The number of hydrogen-bond donors (Lipinski definition) is 1. The van der Waals surface area contributed by atoms with Gasteiger partial charge in [0.1, 0.15) is 0 Å². The Labute approximate surface area is 185 Å². The van der Waals surface area contributed by atoms with Gasteiger partial charge in [-0.2, -0.15) is 0 Å². The molecule has 4 bridgehead atoms. The van der Waals surface area contributed by atoms with Crippen LogP contribution in [0.2, 0.25) is 0 Å². The smallest absolute Gasteiger partial charge is 0.338 e. The van der Waals surface area contributed by atoms with E-state index in [2.05, 4.69) is 15.1 Å². The molecule has 4 aliphatic carbocycles. The lowest BCUT2D eigenvalue weighted by Gasteiger charge is -2.58. The molecule has 4 saturated carbocycles. The molecule has 1 aromatic carbocycles. The molecule has 30 heavy (non-hydrogen) atoms. The van der Waals surface area contributed by atoms with Crippen molar-refractivity contribution < 1.29 is 9.53 Å². The van der Waals surface area contributed by atoms with Gasteiger partial charge >= 0.3 is 5.97 Å². The minimum absolute atomic E-state index is 0.285. The van der Waals surface area contributed by atoms with Crippen LogP contribution < -0.4 is 5.32 Å². The van der Waals surface area contributed by atoms with Gasteiger partial charge in [0.15, 0.2) is 5.11 Å². The maximum atomic E-state index is 11.8. The lowest BCUT2D eigenvalue weighted by atomic mass is 9.54. The van der Waals surface area contributed by atoms with Crippen LogP contribution >= 0.6 is 12.2 Å². The summed E-state index contributed by atoms with van der Waals surface area (Å²) in [5, 5.41) is 4.12. The van der Waals surface area contributed by atoms with Gasteiger partial charge < -0.3 is 15.0 Å². The van der Waals surface area contributed by atoms with Crippen molar-refractivity contribution >= 4 is 29.0 Å². The molecule has 5 aliphatic rings. The third-order valence-corrected chi connectivity index (χ3v) is 8.21. The fourth-order valence-corrected chi connectivity index (χ4v) is 7.12. The van der Waals surface area contributed by atoms with Gasteiger partial charge in [-0.25, -0.2) is 4.79 Å². The van der Waals surface area contributed by atoms with E-state index in [4.69, 9.17) is 17.0 Å². The Bertz CT molecular complexity index is 760. The van der Waals surface area contributed by atoms with Gasteiger partial charge in [0.05, 0.1) is 12.2 Å². The predicted octanol–water partition coefficient (Wildman–Crippen LogP) is 4.00. The predicted molar refractivity (Wildman–Crippen MR) is 123 cm³/mol. The van der Waals surface area contributed by atoms with E-state index < -0.39 is 0 Å². The van der Waals surface area contributed by atoms with Gasteiger partial charge in [-0.05, 0) is 99.2 Å². The van der Waals surface area contributed by atoms with Gasteiger partial charge in [-0.3, -0.25) is 4.90 Å². The first-order chi connectivity index (χ1) is 14.6. The highest BCUT2D eigenvalue weighted by Crippen LogP contribution is 2.55. The van der Waals surface area contributed by atoms with Crippen molar-refractivity contribution in [2.75, 3.05) is 38.1 Å². The monoisotopic (exact) mass is 427 g/mol. The molecular formula is C24H33N3O2S. The topological polar surface area (TPSA) is 44.8 Å². The Morgan fingerprint density at radius 3 is 2.17 bits per heavy atom. The number of thiocarbonyl (C=S) groups is 1. The summed E-state index contributed by atoms with van der Waals surface area (Å²) >= 11 is 5.68. The molecule has 5 nitrogen and oxygen atoms in total. The molecule has 1 aromatic rings. The van der Waals surface area contributed by atoms with E-state index in [1.54, 1.807) is 12.1 Å². The number of benzene rings is 1. The Morgan fingerprint density at radius 1 is 1.00 bits per heavy atom. The van der Waals surface area contributed by atoms with Crippen LogP contribution in [-0.4, -0.2) is 59.7 Å². The number of nitrogens with zero attached hydrogens (tertiary/aromatic N) is 2. The highest BCUT2D eigenvalue weighted by molar-refractivity contribution is 7.80. The average Bonchev–Trinajstić information content (AvgIpc) is 2.74. The molecule has 0 unspecified atom stereocenters. The van der Waals surface area contributed by atoms with Crippen molar-refractivity contribution in [1.29, 1.82) is 0 Å². The first-order valence-electron chi connectivity index (χ1n) is 11.7. The Hall–Kier alpha value is -1.66. The van der Waals surface area contributed by atoms with Crippen LogP contribution in [0.15, 0.2) is 24.3 Å².